The van der Waals surface area contributed by atoms with Crippen molar-refractivity contribution in [3.05, 3.63) is 34.1 Å². The molecule has 1 unspecified atom stereocenters. The molecule has 0 fully saturated rings. The number of alkyl halides is 2. The zero-order chi connectivity index (χ0) is 12.1. The van der Waals surface area contributed by atoms with Gasteiger partial charge in [0, 0.05) is 17.1 Å². The van der Waals surface area contributed by atoms with E-state index in [-0.39, 0.29) is 12.4 Å². The minimum absolute atomic E-state index is 0.164. The van der Waals surface area contributed by atoms with E-state index in [1.165, 1.54) is 18.2 Å². The van der Waals surface area contributed by atoms with Crippen molar-refractivity contribution in [3.63, 3.8) is 0 Å². The first kappa shape index (κ1) is 13.5. The predicted octanol–water partition coefficient (Wildman–Crippen LogP) is 2.44. The Kier molecular flexibility index (Phi) is 5.24. The van der Waals surface area contributed by atoms with Gasteiger partial charge in [0.15, 0.2) is 0 Å². The second kappa shape index (κ2) is 6.22. The smallest absolute Gasteiger partial charge is 0.250 e. The first-order chi connectivity index (χ1) is 7.54. The Hall–Kier alpha value is -0.590. The Balaban J connectivity index is 2.78. The van der Waals surface area contributed by atoms with Crippen molar-refractivity contribution >= 4 is 15.9 Å². The summed E-state index contributed by atoms with van der Waals surface area (Å²) >= 11 is 3.17. The van der Waals surface area contributed by atoms with Crippen LogP contribution in [0.15, 0.2) is 22.7 Å². The van der Waals surface area contributed by atoms with Gasteiger partial charge in [-0.1, -0.05) is 22.0 Å². The zero-order valence-electron chi connectivity index (χ0n) is 8.39. The highest BCUT2D eigenvalue weighted by Gasteiger charge is 2.14. The van der Waals surface area contributed by atoms with Crippen molar-refractivity contribution in [1.29, 1.82) is 0 Å². The van der Waals surface area contributed by atoms with Crippen LogP contribution < -0.4 is 11.1 Å². The first-order valence-electron chi connectivity index (χ1n) is 4.71. The standard InChI is InChI=1S/C10H12BrF3N2/c11-8-3-6(12)1-2-7(8)9(4-15)16-5-10(13)14/h1-3,9-10,16H,4-5,15H2. The fourth-order valence-electron chi connectivity index (χ4n) is 1.34. The van der Waals surface area contributed by atoms with Crippen LogP contribution in [0.2, 0.25) is 0 Å². The topological polar surface area (TPSA) is 38.0 Å². The summed E-state index contributed by atoms with van der Waals surface area (Å²) in [5.41, 5.74) is 6.15. The van der Waals surface area contributed by atoms with Crippen LogP contribution in [0.5, 0.6) is 0 Å². The summed E-state index contributed by atoms with van der Waals surface area (Å²) in [5, 5.41) is 2.62. The van der Waals surface area contributed by atoms with Gasteiger partial charge >= 0.3 is 0 Å². The molecule has 0 amide bonds. The Morgan fingerprint density at radius 3 is 2.56 bits per heavy atom. The summed E-state index contributed by atoms with van der Waals surface area (Å²) in [6, 6.07) is 3.66. The fraction of sp³-hybridized carbons (Fsp3) is 0.400. The number of nitrogens with two attached hydrogens (primary N) is 1. The van der Waals surface area contributed by atoms with E-state index in [4.69, 9.17) is 5.73 Å². The molecule has 0 aromatic heterocycles. The van der Waals surface area contributed by atoms with E-state index in [2.05, 4.69) is 21.2 Å². The molecule has 0 bridgehead atoms. The molecule has 16 heavy (non-hydrogen) atoms. The Labute approximate surface area is 100 Å². The number of hydrogen-bond donors (Lipinski definition) is 2. The third kappa shape index (κ3) is 3.77. The van der Waals surface area contributed by atoms with E-state index < -0.39 is 19.0 Å². The van der Waals surface area contributed by atoms with Gasteiger partial charge < -0.3 is 11.1 Å². The van der Waals surface area contributed by atoms with Gasteiger partial charge in [-0.05, 0) is 17.7 Å². The largest absolute Gasteiger partial charge is 0.329 e. The highest BCUT2D eigenvalue weighted by atomic mass is 79.9. The lowest BCUT2D eigenvalue weighted by Crippen LogP contribution is -2.32. The molecule has 2 nitrogen and oxygen atoms in total. The number of nitrogens with one attached hydrogen (secondary N) is 1. The second-order valence-electron chi connectivity index (χ2n) is 3.25. The maximum Gasteiger partial charge on any atom is 0.250 e. The summed E-state index contributed by atoms with van der Waals surface area (Å²) in [6.07, 6.45) is -2.44. The van der Waals surface area contributed by atoms with E-state index in [1.807, 2.05) is 0 Å². The molecule has 0 spiro atoms. The third-order valence-electron chi connectivity index (χ3n) is 2.09. The molecule has 0 saturated carbocycles. The highest BCUT2D eigenvalue weighted by molar-refractivity contribution is 9.10. The molecule has 6 heteroatoms. The van der Waals surface area contributed by atoms with Crippen LogP contribution in [0.1, 0.15) is 11.6 Å². The molecule has 1 aromatic rings. The van der Waals surface area contributed by atoms with Gasteiger partial charge in [-0.2, -0.15) is 0 Å². The summed E-state index contributed by atoms with van der Waals surface area (Å²) in [5.74, 6) is -0.389. The summed E-state index contributed by atoms with van der Waals surface area (Å²) in [6.45, 7) is -0.275. The van der Waals surface area contributed by atoms with Crippen molar-refractivity contribution in [2.24, 2.45) is 5.73 Å². The van der Waals surface area contributed by atoms with Crippen LogP contribution in [-0.4, -0.2) is 19.5 Å². The Morgan fingerprint density at radius 2 is 2.06 bits per heavy atom. The van der Waals surface area contributed by atoms with Crippen LogP contribution in [0.4, 0.5) is 13.2 Å². The summed E-state index contributed by atoms with van der Waals surface area (Å²) in [4.78, 5) is 0. The van der Waals surface area contributed by atoms with Crippen LogP contribution in [0, 0.1) is 5.82 Å². The van der Waals surface area contributed by atoms with Crippen molar-refractivity contribution in [3.8, 4) is 0 Å². The van der Waals surface area contributed by atoms with E-state index in [9.17, 15) is 13.2 Å². The maximum atomic E-state index is 12.8. The van der Waals surface area contributed by atoms with Crippen LogP contribution in [0.25, 0.3) is 0 Å². The lowest BCUT2D eigenvalue weighted by atomic mass is 10.1. The molecule has 0 aliphatic carbocycles. The molecular formula is C10H12BrF3N2. The molecule has 3 N–H and O–H groups in total. The van der Waals surface area contributed by atoms with Gasteiger partial charge in [0.2, 0.25) is 0 Å². The van der Waals surface area contributed by atoms with Crippen molar-refractivity contribution in [2.45, 2.75) is 12.5 Å². The SMILES string of the molecule is NCC(NCC(F)F)c1ccc(F)cc1Br. The Bertz CT molecular complexity index is 347. The van der Waals surface area contributed by atoms with Gasteiger partial charge in [0.1, 0.15) is 5.82 Å². The third-order valence-corrected chi connectivity index (χ3v) is 2.78. The van der Waals surface area contributed by atoms with Crippen molar-refractivity contribution in [1.82, 2.24) is 5.32 Å². The van der Waals surface area contributed by atoms with Crippen LogP contribution >= 0.6 is 15.9 Å². The molecule has 0 heterocycles. The van der Waals surface area contributed by atoms with Crippen LogP contribution in [-0.2, 0) is 0 Å². The highest BCUT2D eigenvalue weighted by Crippen LogP contribution is 2.23. The van der Waals surface area contributed by atoms with Crippen molar-refractivity contribution < 1.29 is 13.2 Å². The summed E-state index contributed by atoms with van der Waals surface area (Å²) in [7, 11) is 0. The van der Waals surface area contributed by atoms with Gasteiger partial charge in [0.05, 0.1) is 6.54 Å². The second-order valence-corrected chi connectivity index (χ2v) is 4.11. The zero-order valence-corrected chi connectivity index (χ0v) is 9.98. The van der Waals surface area contributed by atoms with Gasteiger partial charge in [-0.15, -0.1) is 0 Å². The quantitative estimate of drug-likeness (QED) is 0.876. The number of halogens is 4. The van der Waals surface area contributed by atoms with E-state index >= 15 is 0 Å². The molecule has 0 aliphatic rings. The summed E-state index contributed by atoms with van der Waals surface area (Å²) < 4.78 is 37.4. The average molecular weight is 297 g/mol. The molecule has 0 aliphatic heterocycles. The van der Waals surface area contributed by atoms with Gasteiger partial charge in [0.25, 0.3) is 6.43 Å². The number of benzene rings is 1. The van der Waals surface area contributed by atoms with Crippen LogP contribution in [0.3, 0.4) is 0 Å². The average Bonchev–Trinajstić information content (AvgIpc) is 2.21. The minimum Gasteiger partial charge on any atom is -0.329 e. The van der Waals surface area contributed by atoms with E-state index in [1.54, 1.807) is 0 Å². The normalized spacial score (nSPS) is 13.1. The monoisotopic (exact) mass is 296 g/mol. The minimum atomic E-state index is -2.44. The Morgan fingerprint density at radius 1 is 1.38 bits per heavy atom. The fourth-order valence-corrected chi connectivity index (χ4v) is 1.96. The van der Waals surface area contributed by atoms with Gasteiger partial charge in [-0.25, -0.2) is 13.2 Å². The predicted molar refractivity (Wildman–Crippen MR) is 59.9 cm³/mol. The maximum absolute atomic E-state index is 12.8. The molecule has 1 rings (SSSR count). The van der Waals surface area contributed by atoms with Gasteiger partial charge in [-0.3, -0.25) is 0 Å². The molecular weight excluding hydrogens is 285 g/mol. The molecule has 1 aromatic carbocycles. The first-order valence-corrected chi connectivity index (χ1v) is 5.50. The molecule has 0 saturated heterocycles. The lowest BCUT2D eigenvalue weighted by Gasteiger charge is -2.18. The van der Waals surface area contributed by atoms with E-state index in [0.29, 0.717) is 10.0 Å². The molecule has 1 atom stereocenters. The lowest BCUT2D eigenvalue weighted by molar-refractivity contribution is 0.141. The molecule has 0 radical (unpaired) electrons. The molecule has 90 valence electrons. The number of rotatable bonds is 5. The van der Waals surface area contributed by atoms with E-state index in [0.717, 1.165) is 0 Å². The van der Waals surface area contributed by atoms with Crippen molar-refractivity contribution in [2.75, 3.05) is 13.1 Å². The number of hydrogen-bond acceptors (Lipinski definition) is 2.